The molecular formula is C13H17N3O2S. The standard InChI is InChI=1S/C13H17N3O2S/c1-8-10(3-4-12(17)15-5-6-19)9(2)16-13(18)11(8)7-14/h19H,3-6H2,1-2H3,(H,15,17)(H,16,18). The van der Waals surface area contributed by atoms with Crippen molar-refractivity contribution in [2.24, 2.45) is 0 Å². The molecule has 5 nitrogen and oxygen atoms in total. The first-order chi connectivity index (χ1) is 9.01. The van der Waals surface area contributed by atoms with E-state index in [1.165, 1.54) is 0 Å². The number of aryl methyl sites for hydroxylation is 1. The number of aromatic amines is 1. The highest BCUT2D eigenvalue weighted by molar-refractivity contribution is 7.80. The van der Waals surface area contributed by atoms with Crippen molar-refractivity contribution in [2.45, 2.75) is 26.7 Å². The van der Waals surface area contributed by atoms with E-state index in [4.69, 9.17) is 5.26 Å². The fourth-order valence-corrected chi connectivity index (χ4v) is 2.05. The van der Waals surface area contributed by atoms with E-state index in [0.717, 1.165) is 5.56 Å². The van der Waals surface area contributed by atoms with Crippen molar-refractivity contribution >= 4 is 18.5 Å². The summed E-state index contributed by atoms with van der Waals surface area (Å²) in [6.07, 6.45) is 0.827. The highest BCUT2D eigenvalue weighted by atomic mass is 32.1. The first-order valence-corrected chi connectivity index (χ1v) is 6.64. The lowest BCUT2D eigenvalue weighted by Gasteiger charge is -2.10. The lowest BCUT2D eigenvalue weighted by Crippen LogP contribution is -2.26. The van der Waals surface area contributed by atoms with Crippen LogP contribution in [0.1, 0.15) is 28.8 Å². The number of nitriles is 1. The van der Waals surface area contributed by atoms with Crippen molar-refractivity contribution in [1.29, 1.82) is 5.26 Å². The Hall–Kier alpha value is -1.74. The molecule has 0 bridgehead atoms. The predicted octanol–water partition coefficient (Wildman–Crippen LogP) is 0.842. The van der Waals surface area contributed by atoms with E-state index < -0.39 is 0 Å². The number of amides is 1. The predicted molar refractivity (Wildman–Crippen MR) is 76.4 cm³/mol. The number of rotatable bonds is 5. The zero-order valence-electron chi connectivity index (χ0n) is 11.0. The van der Waals surface area contributed by atoms with Crippen LogP contribution in [0.4, 0.5) is 0 Å². The molecule has 1 amide bonds. The molecule has 0 aliphatic rings. The third-order valence-electron chi connectivity index (χ3n) is 2.96. The van der Waals surface area contributed by atoms with Crippen molar-refractivity contribution in [2.75, 3.05) is 12.3 Å². The SMILES string of the molecule is Cc1[nH]c(=O)c(C#N)c(C)c1CCC(=O)NCCS. The van der Waals surface area contributed by atoms with Gasteiger partial charge in [0.1, 0.15) is 11.6 Å². The summed E-state index contributed by atoms with van der Waals surface area (Å²) in [7, 11) is 0. The minimum absolute atomic E-state index is 0.0578. The number of nitrogens with one attached hydrogen (secondary N) is 2. The van der Waals surface area contributed by atoms with Gasteiger partial charge in [-0.3, -0.25) is 9.59 Å². The molecule has 0 aliphatic carbocycles. The number of hydrogen-bond acceptors (Lipinski definition) is 4. The van der Waals surface area contributed by atoms with Gasteiger partial charge in [0.25, 0.3) is 5.56 Å². The molecule has 6 heteroatoms. The molecule has 0 saturated heterocycles. The smallest absolute Gasteiger partial charge is 0.266 e. The molecule has 0 atom stereocenters. The maximum atomic E-state index is 11.6. The quantitative estimate of drug-likeness (QED) is 0.698. The van der Waals surface area contributed by atoms with Crippen molar-refractivity contribution in [3.8, 4) is 6.07 Å². The molecule has 0 fully saturated rings. The second-order valence-corrected chi connectivity index (χ2v) is 4.69. The average molecular weight is 279 g/mol. The fraction of sp³-hybridized carbons (Fsp3) is 0.462. The van der Waals surface area contributed by atoms with Crippen LogP contribution in [0.25, 0.3) is 0 Å². The van der Waals surface area contributed by atoms with Gasteiger partial charge in [-0.15, -0.1) is 0 Å². The third-order valence-corrected chi connectivity index (χ3v) is 3.18. The van der Waals surface area contributed by atoms with Gasteiger partial charge in [-0.2, -0.15) is 17.9 Å². The van der Waals surface area contributed by atoms with E-state index in [0.29, 0.717) is 36.4 Å². The van der Waals surface area contributed by atoms with Crippen LogP contribution in [-0.4, -0.2) is 23.2 Å². The van der Waals surface area contributed by atoms with E-state index >= 15 is 0 Å². The molecular weight excluding hydrogens is 262 g/mol. The van der Waals surface area contributed by atoms with Crippen molar-refractivity contribution in [1.82, 2.24) is 10.3 Å². The van der Waals surface area contributed by atoms with Crippen molar-refractivity contribution in [3.05, 3.63) is 32.7 Å². The molecule has 0 aromatic carbocycles. The van der Waals surface area contributed by atoms with Crippen LogP contribution in [0.2, 0.25) is 0 Å². The number of H-pyrrole nitrogens is 1. The Morgan fingerprint density at radius 3 is 2.74 bits per heavy atom. The Balaban J connectivity index is 2.88. The van der Waals surface area contributed by atoms with E-state index in [9.17, 15) is 9.59 Å². The number of pyridine rings is 1. The van der Waals surface area contributed by atoms with Gasteiger partial charge in [0.05, 0.1) is 0 Å². The second-order valence-electron chi connectivity index (χ2n) is 4.24. The summed E-state index contributed by atoms with van der Waals surface area (Å²) in [5, 5.41) is 11.7. The summed E-state index contributed by atoms with van der Waals surface area (Å²) in [5.74, 6) is 0.540. The maximum Gasteiger partial charge on any atom is 0.266 e. The van der Waals surface area contributed by atoms with E-state index in [1.807, 2.05) is 6.07 Å². The molecule has 19 heavy (non-hydrogen) atoms. The summed E-state index contributed by atoms with van der Waals surface area (Å²) in [5.41, 5.74) is 1.98. The van der Waals surface area contributed by atoms with Crippen molar-refractivity contribution < 1.29 is 4.79 Å². The lowest BCUT2D eigenvalue weighted by molar-refractivity contribution is -0.120. The molecule has 1 aromatic rings. The fourth-order valence-electron chi connectivity index (χ4n) is 1.94. The van der Waals surface area contributed by atoms with Crippen LogP contribution in [0.15, 0.2) is 4.79 Å². The topological polar surface area (TPSA) is 85.8 Å². The highest BCUT2D eigenvalue weighted by Crippen LogP contribution is 2.14. The Labute approximate surface area is 117 Å². The van der Waals surface area contributed by atoms with Crippen LogP contribution < -0.4 is 10.9 Å². The number of carbonyl (C=O) groups excluding carboxylic acids is 1. The first-order valence-electron chi connectivity index (χ1n) is 6.01. The van der Waals surface area contributed by atoms with Gasteiger partial charge in [0, 0.05) is 24.4 Å². The molecule has 0 spiro atoms. The number of thiol groups is 1. The van der Waals surface area contributed by atoms with Gasteiger partial charge >= 0.3 is 0 Å². The van der Waals surface area contributed by atoms with Gasteiger partial charge in [0.2, 0.25) is 5.91 Å². The molecule has 1 heterocycles. The maximum absolute atomic E-state index is 11.6. The summed E-state index contributed by atoms with van der Waals surface area (Å²) in [6.45, 7) is 4.05. The van der Waals surface area contributed by atoms with Gasteiger partial charge in [0.15, 0.2) is 0 Å². The largest absolute Gasteiger partial charge is 0.355 e. The minimum atomic E-state index is -0.374. The summed E-state index contributed by atoms with van der Waals surface area (Å²) >= 11 is 4.01. The zero-order chi connectivity index (χ0) is 14.4. The van der Waals surface area contributed by atoms with Gasteiger partial charge < -0.3 is 10.3 Å². The molecule has 1 rings (SSSR count). The Morgan fingerprint density at radius 1 is 1.47 bits per heavy atom. The van der Waals surface area contributed by atoms with Crippen molar-refractivity contribution in [3.63, 3.8) is 0 Å². The third kappa shape index (κ3) is 3.86. The van der Waals surface area contributed by atoms with E-state index in [1.54, 1.807) is 13.8 Å². The lowest BCUT2D eigenvalue weighted by atomic mass is 9.99. The van der Waals surface area contributed by atoms with Gasteiger partial charge in [-0.1, -0.05) is 0 Å². The normalized spacial score (nSPS) is 10.0. The zero-order valence-corrected chi connectivity index (χ0v) is 11.9. The van der Waals surface area contributed by atoms with Crippen LogP contribution in [0, 0.1) is 25.2 Å². The number of hydrogen-bond donors (Lipinski definition) is 3. The monoisotopic (exact) mass is 279 g/mol. The minimum Gasteiger partial charge on any atom is -0.355 e. The van der Waals surface area contributed by atoms with E-state index in [-0.39, 0.29) is 17.0 Å². The molecule has 102 valence electrons. The summed E-state index contributed by atoms with van der Waals surface area (Å²) < 4.78 is 0. The highest BCUT2D eigenvalue weighted by Gasteiger charge is 2.13. The molecule has 0 radical (unpaired) electrons. The van der Waals surface area contributed by atoms with Crippen LogP contribution in [0.3, 0.4) is 0 Å². The molecule has 0 aliphatic heterocycles. The molecule has 1 aromatic heterocycles. The number of nitrogens with zero attached hydrogens (tertiary/aromatic N) is 1. The molecule has 2 N–H and O–H groups in total. The molecule has 0 saturated carbocycles. The van der Waals surface area contributed by atoms with Crippen LogP contribution in [-0.2, 0) is 11.2 Å². The Morgan fingerprint density at radius 2 is 2.16 bits per heavy atom. The average Bonchev–Trinajstić information content (AvgIpc) is 2.36. The van der Waals surface area contributed by atoms with Gasteiger partial charge in [-0.25, -0.2) is 0 Å². The Bertz CT molecular complexity index is 572. The van der Waals surface area contributed by atoms with Crippen LogP contribution in [0.5, 0.6) is 0 Å². The van der Waals surface area contributed by atoms with Gasteiger partial charge in [-0.05, 0) is 31.4 Å². The number of carbonyl (C=O) groups is 1. The Kier molecular flexibility index (Phi) is 5.64. The second kappa shape index (κ2) is 7.00. The van der Waals surface area contributed by atoms with Crippen LogP contribution >= 0.6 is 12.6 Å². The summed E-state index contributed by atoms with van der Waals surface area (Å²) in [6, 6.07) is 1.90. The summed E-state index contributed by atoms with van der Waals surface area (Å²) in [4.78, 5) is 25.7. The van der Waals surface area contributed by atoms with E-state index in [2.05, 4.69) is 22.9 Å². The first kappa shape index (κ1) is 15.3. The molecule has 0 unspecified atom stereocenters. The number of aromatic nitrogens is 1.